The third-order valence-corrected chi connectivity index (χ3v) is 4.35. The second-order valence-electron chi connectivity index (χ2n) is 5.14. The quantitative estimate of drug-likeness (QED) is 0.728. The number of aryl methyl sites for hydroxylation is 1. The number of nitrogens with one attached hydrogen (secondary N) is 2. The summed E-state index contributed by atoms with van der Waals surface area (Å²) >= 11 is 1.20. The van der Waals surface area contributed by atoms with Gasteiger partial charge in [0.15, 0.2) is 0 Å². The fraction of sp³-hybridized carbons (Fsp3) is 0.312. The summed E-state index contributed by atoms with van der Waals surface area (Å²) in [4.78, 5) is 35.9. The zero-order valence-corrected chi connectivity index (χ0v) is 15.3. The fourth-order valence-corrected chi connectivity index (χ4v) is 2.84. The second-order valence-corrected chi connectivity index (χ2v) is 6.20. The average molecular weight is 378 g/mol. The van der Waals surface area contributed by atoms with Crippen LogP contribution in [-0.2, 0) is 27.2 Å². The van der Waals surface area contributed by atoms with Crippen molar-refractivity contribution < 1.29 is 23.9 Å². The van der Waals surface area contributed by atoms with Crippen LogP contribution in [0.1, 0.15) is 32.6 Å². The van der Waals surface area contributed by atoms with Crippen molar-refractivity contribution in [3.8, 4) is 0 Å². The average Bonchev–Trinajstić information content (AvgIpc) is 2.99. The van der Waals surface area contributed by atoms with Gasteiger partial charge in [0.05, 0.1) is 25.3 Å². The van der Waals surface area contributed by atoms with Crippen LogP contribution >= 0.6 is 11.3 Å². The topological polar surface area (TPSA) is 123 Å². The molecule has 0 unspecified atom stereocenters. The number of hydrogen-bond donors (Lipinski definition) is 2. The molecule has 2 aromatic rings. The molecule has 0 saturated heterocycles. The SMILES string of the molecule is CCc1nn(CC(=O)Nc2cc(C(=O)OC)cc(C(=O)OC)c2)c(=N)s1. The molecule has 1 heterocycles. The maximum atomic E-state index is 12.3. The number of rotatable bonds is 6. The highest BCUT2D eigenvalue weighted by Crippen LogP contribution is 2.17. The first-order chi connectivity index (χ1) is 12.4. The van der Waals surface area contributed by atoms with Crippen LogP contribution in [0.3, 0.4) is 0 Å². The predicted molar refractivity (Wildman–Crippen MR) is 93.1 cm³/mol. The van der Waals surface area contributed by atoms with Crippen LogP contribution in [-0.4, -0.2) is 41.8 Å². The van der Waals surface area contributed by atoms with E-state index in [2.05, 4.69) is 19.9 Å². The Bertz CT molecular complexity index is 868. The van der Waals surface area contributed by atoms with Crippen LogP contribution in [0, 0.1) is 5.41 Å². The fourth-order valence-electron chi connectivity index (χ4n) is 2.12. The molecule has 0 aliphatic heterocycles. The van der Waals surface area contributed by atoms with Gasteiger partial charge in [-0.25, -0.2) is 14.3 Å². The number of amides is 1. The maximum absolute atomic E-state index is 12.3. The van der Waals surface area contributed by atoms with Crippen LogP contribution in [0.5, 0.6) is 0 Å². The molecule has 1 aromatic carbocycles. The van der Waals surface area contributed by atoms with E-state index in [9.17, 15) is 14.4 Å². The number of ether oxygens (including phenoxy) is 2. The van der Waals surface area contributed by atoms with E-state index in [0.717, 1.165) is 5.01 Å². The molecule has 1 amide bonds. The molecule has 0 fully saturated rings. The van der Waals surface area contributed by atoms with Gasteiger partial charge in [0.2, 0.25) is 10.7 Å². The number of carbonyl (C=O) groups is 3. The van der Waals surface area contributed by atoms with Crippen molar-refractivity contribution in [2.45, 2.75) is 19.9 Å². The van der Waals surface area contributed by atoms with E-state index < -0.39 is 17.8 Å². The van der Waals surface area contributed by atoms with Gasteiger partial charge >= 0.3 is 11.9 Å². The molecule has 0 aliphatic carbocycles. The maximum Gasteiger partial charge on any atom is 0.337 e. The number of nitrogens with zero attached hydrogens (tertiary/aromatic N) is 2. The van der Waals surface area contributed by atoms with Crippen molar-refractivity contribution in [2.24, 2.45) is 0 Å². The van der Waals surface area contributed by atoms with E-state index in [1.54, 1.807) is 0 Å². The van der Waals surface area contributed by atoms with Gasteiger partial charge in [-0.3, -0.25) is 10.2 Å². The van der Waals surface area contributed by atoms with E-state index in [1.165, 1.54) is 48.4 Å². The first-order valence-electron chi connectivity index (χ1n) is 7.61. The Morgan fingerprint density at radius 1 is 1.15 bits per heavy atom. The predicted octanol–water partition coefficient (Wildman–Crippen LogP) is 1.20. The number of hydrogen-bond acceptors (Lipinski definition) is 8. The summed E-state index contributed by atoms with van der Waals surface area (Å²) in [5.74, 6) is -1.75. The van der Waals surface area contributed by atoms with Crippen molar-refractivity contribution in [1.82, 2.24) is 9.78 Å². The van der Waals surface area contributed by atoms with Gasteiger partial charge in [0.25, 0.3) is 0 Å². The highest BCUT2D eigenvalue weighted by molar-refractivity contribution is 7.08. The van der Waals surface area contributed by atoms with Gasteiger partial charge < -0.3 is 14.8 Å². The number of anilines is 1. The molecule has 1 aromatic heterocycles. The van der Waals surface area contributed by atoms with Crippen molar-refractivity contribution in [3.63, 3.8) is 0 Å². The Balaban J connectivity index is 2.25. The van der Waals surface area contributed by atoms with E-state index in [-0.39, 0.29) is 28.2 Å². The van der Waals surface area contributed by atoms with Crippen LogP contribution in [0.4, 0.5) is 5.69 Å². The molecule has 26 heavy (non-hydrogen) atoms. The molecule has 9 nitrogen and oxygen atoms in total. The summed E-state index contributed by atoms with van der Waals surface area (Å²) in [7, 11) is 2.43. The summed E-state index contributed by atoms with van der Waals surface area (Å²) in [6.07, 6.45) is 0.675. The Kier molecular flexibility index (Phi) is 6.23. The Hall–Kier alpha value is -3.01. The Labute approximate surface area is 153 Å². The number of methoxy groups -OCH3 is 2. The molecule has 0 atom stereocenters. The molecule has 0 spiro atoms. The lowest BCUT2D eigenvalue weighted by molar-refractivity contribution is -0.117. The van der Waals surface area contributed by atoms with Crippen molar-refractivity contribution in [2.75, 3.05) is 19.5 Å². The molecule has 0 bridgehead atoms. The minimum Gasteiger partial charge on any atom is -0.465 e. The highest BCUT2D eigenvalue weighted by Gasteiger charge is 2.15. The minimum absolute atomic E-state index is 0.0986. The van der Waals surface area contributed by atoms with Crippen molar-refractivity contribution >= 4 is 34.9 Å². The summed E-state index contributed by atoms with van der Waals surface area (Å²) in [5.41, 5.74) is 0.430. The molecule has 0 saturated carbocycles. The van der Waals surface area contributed by atoms with Crippen LogP contribution in [0.25, 0.3) is 0 Å². The Morgan fingerprint density at radius 3 is 2.19 bits per heavy atom. The van der Waals surface area contributed by atoms with E-state index in [4.69, 9.17) is 5.41 Å². The lowest BCUT2D eigenvalue weighted by Gasteiger charge is -2.09. The smallest absolute Gasteiger partial charge is 0.337 e. The summed E-state index contributed by atoms with van der Waals surface area (Å²) in [6.45, 7) is 1.75. The third kappa shape index (κ3) is 4.54. The molecule has 0 radical (unpaired) electrons. The van der Waals surface area contributed by atoms with Gasteiger partial charge in [-0.15, -0.1) is 0 Å². The summed E-state index contributed by atoms with van der Waals surface area (Å²) < 4.78 is 10.6. The van der Waals surface area contributed by atoms with Crippen LogP contribution in [0.2, 0.25) is 0 Å². The molecular weight excluding hydrogens is 360 g/mol. The largest absolute Gasteiger partial charge is 0.465 e. The number of carbonyl (C=O) groups excluding carboxylic acids is 3. The molecule has 138 valence electrons. The molecule has 2 N–H and O–H groups in total. The second kappa shape index (κ2) is 8.39. The molecule has 10 heteroatoms. The Morgan fingerprint density at radius 2 is 1.73 bits per heavy atom. The van der Waals surface area contributed by atoms with E-state index in [1.807, 2.05) is 6.92 Å². The normalized spacial score (nSPS) is 10.3. The summed E-state index contributed by atoms with van der Waals surface area (Å²) in [6, 6.07) is 4.10. The van der Waals surface area contributed by atoms with Crippen LogP contribution < -0.4 is 10.1 Å². The standard InChI is InChI=1S/C16H18N4O5S/c1-4-13-19-20(16(17)26-13)8-12(21)18-11-6-9(14(22)24-2)5-10(7-11)15(23)25-3/h5-7,17H,4,8H2,1-3H3,(H,18,21). The minimum atomic E-state index is -0.652. The lowest BCUT2D eigenvalue weighted by atomic mass is 10.1. The van der Waals surface area contributed by atoms with Crippen molar-refractivity contribution in [3.05, 3.63) is 39.1 Å². The van der Waals surface area contributed by atoms with E-state index >= 15 is 0 Å². The van der Waals surface area contributed by atoms with Crippen molar-refractivity contribution in [1.29, 1.82) is 5.41 Å². The summed E-state index contributed by atoms with van der Waals surface area (Å²) in [5, 5.41) is 15.3. The number of aromatic nitrogens is 2. The zero-order chi connectivity index (χ0) is 19.3. The molecular formula is C16H18N4O5S. The third-order valence-electron chi connectivity index (χ3n) is 3.34. The first kappa shape index (κ1) is 19.3. The lowest BCUT2D eigenvalue weighted by Crippen LogP contribution is -2.25. The van der Waals surface area contributed by atoms with Gasteiger partial charge in [-0.05, 0) is 24.6 Å². The monoisotopic (exact) mass is 378 g/mol. The van der Waals surface area contributed by atoms with Gasteiger partial charge in [-0.2, -0.15) is 5.10 Å². The number of benzene rings is 1. The molecule has 0 aliphatic rings. The van der Waals surface area contributed by atoms with Gasteiger partial charge in [0.1, 0.15) is 11.6 Å². The van der Waals surface area contributed by atoms with Gasteiger partial charge in [0, 0.05) is 5.69 Å². The molecule has 2 rings (SSSR count). The first-order valence-corrected chi connectivity index (χ1v) is 8.42. The zero-order valence-electron chi connectivity index (χ0n) is 14.5. The van der Waals surface area contributed by atoms with Crippen LogP contribution in [0.15, 0.2) is 18.2 Å². The highest BCUT2D eigenvalue weighted by atomic mass is 32.1. The van der Waals surface area contributed by atoms with E-state index in [0.29, 0.717) is 6.42 Å². The number of esters is 2. The van der Waals surface area contributed by atoms with Gasteiger partial charge in [-0.1, -0.05) is 18.3 Å².